The molecule has 1 atom stereocenters. The zero-order valence-electron chi connectivity index (χ0n) is 15.6. The quantitative estimate of drug-likeness (QED) is 0.403. The van der Waals surface area contributed by atoms with Gasteiger partial charge in [-0.3, -0.25) is 19.7 Å². The maximum absolute atomic E-state index is 12.1. The van der Waals surface area contributed by atoms with Gasteiger partial charge in [0.15, 0.2) is 6.61 Å². The number of esters is 1. The molecule has 0 fully saturated rings. The van der Waals surface area contributed by atoms with Crippen molar-refractivity contribution in [3.05, 3.63) is 68.7 Å². The van der Waals surface area contributed by atoms with Gasteiger partial charge >= 0.3 is 5.97 Å². The Labute approximate surface area is 171 Å². The highest BCUT2D eigenvalue weighted by atomic mass is 35.5. The SMILES string of the molecule is Cc1cccc(C(=O)N[C@@H](C)C(=O)OCC(=O)Nc2ccc([N+](=O)[O-])cc2Cl)c1. The number of ether oxygens (including phenoxy) is 1. The molecule has 0 aliphatic heterocycles. The average molecular weight is 420 g/mol. The standard InChI is InChI=1S/C19H18ClN3O6/c1-11-4-3-5-13(8-11)18(25)21-12(2)19(26)29-10-17(24)22-16-7-6-14(23(27)28)9-15(16)20/h3-9,12H,10H2,1-2H3,(H,21,25)(H,22,24)/t12-/m0/s1. The third-order valence-electron chi connectivity index (χ3n) is 3.76. The molecule has 0 unspecified atom stereocenters. The topological polar surface area (TPSA) is 128 Å². The molecule has 2 N–H and O–H groups in total. The summed E-state index contributed by atoms with van der Waals surface area (Å²) in [5.74, 6) is -1.93. The van der Waals surface area contributed by atoms with Crippen molar-refractivity contribution in [2.24, 2.45) is 0 Å². The lowest BCUT2D eigenvalue weighted by molar-refractivity contribution is -0.384. The number of benzene rings is 2. The zero-order chi connectivity index (χ0) is 21.6. The van der Waals surface area contributed by atoms with E-state index in [-0.39, 0.29) is 16.4 Å². The van der Waals surface area contributed by atoms with Crippen molar-refractivity contribution in [2.45, 2.75) is 19.9 Å². The lowest BCUT2D eigenvalue weighted by Crippen LogP contribution is -2.40. The van der Waals surface area contributed by atoms with E-state index in [1.807, 2.05) is 13.0 Å². The van der Waals surface area contributed by atoms with Gasteiger partial charge in [0.05, 0.1) is 15.6 Å². The Hall–Kier alpha value is -3.46. The van der Waals surface area contributed by atoms with E-state index >= 15 is 0 Å². The van der Waals surface area contributed by atoms with Crippen LogP contribution in [0.3, 0.4) is 0 Å². The number of nitrogens with zero attached hydrogens (tertiary/aromatic N) is 1. The molecule has 2 aromatic carbocycles. The van der Waals surface area contributed by atoms with E-state index in [1.54, 1.807) is 18.2 Å². The predicted octanol–water partition coefficient (Wildman–Crippen LogP) is 2.86. The monoisotopic (exact) mass is 419 g/mol. The number of carbonyl (C=O) groups is 3. The van der Waals surface area contributed by atoms with Crippen molar-refractivity contribution in [1.29, 1.82) is 0 Å². The van der Waals surface area contributed by atoms with E-state index in [2.05, 4.69) is 10.6 Å². The summed E-state index contributed by atoms with van der Waals surface area (Å²) in [6, 6.07) is 9.41. The highest BCUT2D eigenvalue weighted by Gasteiger charge is 2.19. The maximum atomic E-state index is 12.1. The number of rotatable bonds is 7. The molecule has 0 heterocycles. The van der Waals surface area contributed by atoms with Gasteiger partial charge in [0.25, 0.3) is 17.5 Å². The Balaban J connectivity index is 1.85. The van der Waals surface area contributed by atoms with Gasteiger partial charge < -0.3 is 15.4 Å². The van der Waals surface area contributed by atoms with E-state index in [1.165, 1.54) is 19.1 Å². The molecule has 0 aromatic heterocycles. The van der Waals surface area contributed by atoms with Crippen LogP contribution >= 0.6 is 11.6 Å². The highest BCUT2D eigenvalue weighted by Crippen LogP contribution is 2.26. The van der Waals surface area contributed by atoms with Crippen LogP contribution in [0.5, 0.6) is 0 Å². The number of aryl methyl sites for hydroxylation is 1. The molecule has 0 aliphatic rings. The van der Waals surface area contributed by atoms with Gasteiger partial charge in [-0.15, -0.1) is 0 Å². The van der Waals surface area contributed by atoms with Crippen molar-refractivity contribution in [1.82, 2.24) is 5.32 Å². The fraction of sp³-hybridized carbons (Fsp3) is 0.211. The lowest BCUT2D eigenvalue weighted by Gasteiger charge is -2.14. The van der Waals surface area contributed by atoms with Crippen LogP contribution in [0.4, 0.5) is 11.4 Å². The van der Waals surface area contributed by atoms with E-state index < -0.39 is 35.4 Å². The van der Waals surface area contributed by atoms with Crippen LogP contribution < -0.4 is 10.6 Å². The van der Waals surface area contributed by atoms with Crippen molar-refractivity contribution in [3.63, 3.8) is 0 Å². The van der Waals surface area contributed by atoms with Crippen molar-refractivity contribution in [3.8, 4) is 0 Å². The summed E-state index contributed by atoms with van der Waals surface area (Å²) < 4.78 is 4.88. The molecule has 2 rings (SSSR count). The Morgan fingerprint density at radius 1 is 1.21 bits per heavy atom. The Bertz CT molecular complexity index is 963. The molecule has 0 saturated heterocycles. The van der Waals surface area contributed by atoms with E-state index in [9.17, 15) is 24.5 Å². The fourth-order valence-electron chi connectivity index (χ4n) is 2.29. The van der Waals surface area contributed by atoms with Crippen molar-refractivity contribution >= 4 is 40.8 Å². The van der Waals surface area contributed by atoms with E-state index in [0.717, 1.165) is 11.6 Å². The van der Waals surface area contributed by atoms with Crippen LogP contribution in [0.15, 0.2) is 42.5 Å². The molecule has 10 heteroatoms. The predicted molar refractivity (Wildman–Crippen MR) is 106 cm³/mol. The van der Waals surface area contributed by atoms with Crippen LogP contribution in [0, 0.1) is 17.0 Å². The minimum Gasteiger partial charge on any atom is -0.454 e. The first-order valence-electron chi connectivity index (χ1n) is 8.45. The molecule has 0 spiro atoms. The number of anilines is 1. The van der Waals surface area contributed by atoms with Crippen molar-refractivity contribution < 1.29 is 24.0 Å². The smallest absolute Gasteiger partial charge is 0.328 e. The first-order chi connectivity index (χ1) is 13.7. The number of carbonyl (C=O) groups excluding carboxylic acids is 3. The average Bonchev–Trinajstić information content (AvgIpc) is 2.67. The molecule has 2 amide bonds. The van der Waals surface area contributed by atoms with Crippen LogP contribution in [0.2, 0.25) is 5.02 Å². The highest BCUT2D eigenvalue weighted by molar-refractivity contribution is 6.34. The number of non-ortho nitro benzene ring substituents is 1. The van der Waals surface area contributed by atoms with Crippen LogP contribution in [0.25, 0.3) is 0 Å². The summed E-state index contributed by atoms with van der Waals surface area (Å²) in [4.78, 5) is 46.1. The molecule has 0 bridgehead atoms. The Kier molecular flexibility index (Phi) is 7.27. The van der Waals surface area contributed by atoms with Crippen LogP contribution in [0.1, 0.15) is 22.8 Å². The summed E-state index contributed by atoms with van der Waals surface area (Å²) in [6.07, 6.45) is 0. The lowest BCUT2D eigenvalue weighted by atomic mass is 10.1. The van der Waals surface area contributed by atoms with E-state index in [0.29, 0.717) is 5.56 Å². The largest absolute Gasteiger partial charge is 0.454 e. The summed E-state index contributed by atoms with van der Waals surface area (Å²) >= 11 is 5.88. The third-order valence-corrected chi connectivity index (χ3v) is 4.08. The molecule has 2 aromatic rings. The van der Waals surface area contributed by atoms with Crippen molar-refractivity contribution in [2.75, 3.05) is 11.9 Å². The first kappa shape index (κ1) is 21.8. The second kappa shape index (κ2) is 9.65. The van der Waals surface area contributed by atoms with Gasteiger partial charge in [-0.25, -0.2) is 4.79 Å². The Morgan fingerprint density at radius 3 is 2.55 bits per heavy atom. The summed E-state index contributed by atoms with van der Waals surface area (Å²) in [7, 11) is 0. The second-order valence-corrected chi connectivity index (χ2v) is 6.55. The number of amides is 2. The van der Waals surface area contributed by atoms with Gasteiger partial charge in [0, 0.05) is 17.7 Å². The van der Waals surface area contributed by atoms with Gasteiger partial charge in [-0.1, -0.05) is 29.3 Å². The minimum atomic E-state index is -0.973. The van der Waals surface area contributed by atoms with E-state index in [4.69, 9.17) is 16.3 Å². The molecular formula is C19H18ClN3O6. The number of nitro benzene ring substituents is 1. The number of halogens is 1. The van der Waals surface area contributed by atoms with Crippen LogP contribution in [-0.4, -0.2) is 35.4 Å². The normalized spacial score (nSPS) is 11.3. The van der Waals surface area contributed by atoms with Gasteiger partial charge in [0.2, 0.25) is 0 Å². The molecule has 29 heavy (non-hydrogen) atoms. The molecule has 9 nitrogen and oxygen atoms in total. The first-order valence-corrected chi connectivity index (χ1v) is 8.83. The van der Waals surface area contributed by atoms with Gasteiger partial charge in [-0.05, 0) is 32.0 Å². The summed E-state index contributed by atoms with van der Waals surface area (Å²) in [5.41, 5.74) is 1.21. The molecule has 0 aliphatic carbocycles. The Morgan fingerprint density at radius 2 is 1.93 bits per heavy atom. The summed E-state index contributed by atoms with van der Waals surface area (Å²) in [6.45, 7) is 2.65. The zero-order valence-corrected chi connectivity index (χ0v) is 16.4. The molecule has 152 valence electrons. The summed E-state index contributed by atoms with van der Waals surface area (Å²) in [5, 5.41) is 15.5. The number of hydrogen-bond donors (Lipinski definition) is 2. The second-order valence-electron chi connectivity index (χ2n) is 6.14. The van der Waals surface area contributed by atoms with Gasteiger partial charge in [-0.2, -0.15) is 0 Å². The molecule has 0 saturated carbocycles. The molecular weight excluding hydrogens is 402 g/mol. The number of hydrogen-bond acceptors (Lipinski definition) is 6. The van der Waals surface area contributed by atoms with Gasteiger partial charge in [0.1, 0.15) is 6.04 Å². The number of nitrogens with one attached hydrogen (secondary N) is 2. The maximum Gasteiger partial charge on any atom is 0.328 e. The van der Waals surface area contributed by atoms with Crippen LogP contribution in [-0.2, 0) is 14.3 Å². The minimum absolute atomic E-state index is 0.0299. The number of nitro groups is 1. The molecule has 0 radical (unpaired) electrons. The fourth-order valence-corrected chi connectivity index (χ4v) is 2.51. The third kappa shape index (κ3) is 6.28.